The lowest BCUT2D eigenvalue weighted by atomic mass is 9.94. The number of ether oxygens (including phenoxy) is 2. The van der Waals surface area contributed by atoms with Crippen molar-refractivity contribution in [3.05, 3.63) is 64.7 Å². The average molecular weight is 478 g/mol. The van der Waals surface area contributed by atoms with Gasteiger partial charge in [-0.25, -0.2) is 0 Å². The number of carbonyl (C=O) groups excluding carboxylic acids is 2. The fourth-order valence-electron chi connectivity index (χ4n) is 5.05. The van der Waals surface area contributed by atoms with E-state index in [0.717, 1.165) is 42.6 Å². The smallest absolute Gasteiger partial charge is 0.295 e. The fourth-order valence-corrected chi connectivity index (χ4v) is 5.05. The van der Waals surface area contributed by atoms with Crippen molar-refractivity contribution >= 4 is 17.4 Å². The summed E-state index contributed by atoms with van der Waals surface area (Å²) in [6.45, 7) is 9.09. The molecule has 1 saturated heterocycles. The molecule has 2 aromatic rings. The van der Waals surface area contributed by atoms with E-state index in [-0.39, 0.29) is 17.4 Å². The lowest BCUT2D eigenvalue weighted by molar-refractivity contribution is -0.141. The molecule has 35 heavy (non-hydrogen) atoms. The minimum absolute atomic E-state index is 0.0222. The number of benzene rings is 2. The number of aryl methyl sites for hydroxylation is 1. The third-order valence-electron chi connectivity index (χ3n) is 6.70. The molecule has 1 heterocycles. The van der Waals surface area contributed by atoms with E-state index in [1.165, 1.54) is 0 Å². The van der Waals surface area contributed by atoms with E-state index < -0.39 is 17.7 Å². The highest BCUT2D eigenvalue weighted by atomic mass is 16.5. The van der Waals surface area contributed by atoms with Gasteiger partial charge >= 0.3 is 0 Å². The van der Waals surface area contributed by atoms with Crippen molar-refractivity contribution in [2.75, 3.05) is 13.2 Å². The first-order chi connectivity index (χ1) is 16.8. The number of amides is 1. The molecule has 1 saturated carbocycles. The molecule has 0 spiro atoms. The van der Waals surface area contributed by atoms with E-state index in [9.17, 15) is 14.7 Å². The lowest BCUT2D eigenvalue weighted by Crippen LogP contribution is -2.37. The van der Waals surface area contributed by atoms with Crippen LogP contribution in [-0.2, 0) is 9.59 Å². The van der Waals surface area contributed by atoms with Crippen molar-refractivity contribution in [1.82, 2.24) is 4.90 Å². The van der Waals surface area contributed by atoms with Gasteiger partial charge in [0, 0.05) is 11.6 Å². The van der Waals surface area contributed by atoms with Gasteiger partial charge in [0.05, 0.1) is 24.8 Å². The highest BCUT2D eigenvalue weighted by Gasteiger charge is 2.49. The van der Waals surface area contributed by atoms with E-state index in [0.29, 0.717) is 30.4 Å². The Morgan fingerprint density at radius 2 is 1.83 bits per heavy atom. The molecule has 1 atom stereocenters. The Morgan fingerprint density at radius 1 is 1.09 bits per heavy atom. The highest BCUT2D eigenvalue weighted by Crippen LogP contribution is 2.44. The largest absolute Gasteiger partial charge is 0.507 e. The van der Waals surface area contributed by atoms with Gasteiger partial charge in [0.1, 0.15) is 17.3 Å². The molecule has 6 nitrogen and oxygen atoms in total. The van der Waals surface area contributed by atoms with Gasteiger partial charge in [-0.2, -0.15) is 0 Å². The van der Waals surface area contributed by atoms with Gasteiger partial charge in [0.2, 0.25) is 0 Å². The van der Waals surface area contributed by atoms with Crippen molar-refractivity contribution in [1.29, 1.82) is 0 Å². The van der Waals surface area contributed by atoms with Crippen LogP contribution in [0.3, 0.4) is 0 Å². The van der Waals surface area contributed by atoms with Gasteiger partial charge in [0.15, 0.2) is 0 Å². The van der Waals surface area contributed by atoms with E-state index in [2.05, 4.69) is 13.8 Å². The summed E-state index contributed by atoms with van der Waals surface area (Å²) in [5.74, 6) is 0.459. The molecule has 2 aromatic carbocycles. The molecule has 0 bridgehead atoms. The Morgan fingerprint density at radius 3 is 2.49 bits per heavy atom. The topological polar surface area (TPSA) is 76.1 Å². The number of Topliss-reactive ketones (excluding diaryl/α,β-unsaturated/α-hetero) is 1. The van der Waals surface area contributed by atoms with E-state index in [1.807, 2.05) is 50.2 Å². The number of likely N-dealkylation sites (tertiary alicyclic amines) is 1. The van der Waals surface area contributed by atoms with Gasteiger partial charge in [-0.3, -0.25) is 9.59 Å². The number of aliphatic hydroxyl groups excluding tert-OH is 1. The van der Waals surface area contributed by atoms with Crippen LogP contribution in [0.2, 0.25) is 0 Å². The predicted molar refractivity (Wildman–Crippen MR) is 136 cm³/mol. The van der Waals surface area contributed by atoms with E-state index >= 15 is 0 Å². The summed E-state index contributed by atoms with van der Waals surface area (Å²) in [6, 6.07) is 12.2. The summed E-state index contributed by atoms with van der Waals surface area (Å²) in [5.41, 5.74) is 2.24. The summed E-state index contributed by atoms with van der Waals surface area (Å²) in [7, 11) is 0. The molecule has 1 aliphatic heterocycles. The summed E-state index contributed by atoms with van der Waals surface area (Å²) in [4.78, 5) is 28.3. The third-order valence-corrected chi connectivity index (χ3v) is 6.70. The van der Waals surface area contributed by atoms with Gasteiger partial charge in [-0.15, -0.1) is 0 Å². The molecule has 6 heteroatoms. The van der Waals surface area contributed by atoms with E-state index in [1.54, 1.807) is 11.0 Å². The van der Waals surface area contributed by atoms with Crippen molar-refractivity contribution in [3.63, 3.8) is 0 Å². The minimum Gasteiger partial charge on any atom is -0.507 e. The van der Waals surface area contributed by atoms with Crippen molar-refractivity contribution < 1.29 is 24.2 Å². The molecule has 1 amide bonds. The van der Waals surface area contributed by atoms with E-state index in [4.69, 9.17) is 9.47 Å². The first kappa shape index (κ1) is 24.8. The molecular weight excluding hydrogens is 442 g/mol. The first-order valence-corrected chi connectivity index (χ1v) is 12.6. The maximum atomic E-state index is 13.3. The summed E-state index contributed by atoms with van der Waals surface area (Å²) in [5, 5.41) is 11.4. The maximum absolute atomic E-state index is 13.3. The van der Waals surface area contributed by atoms with Crippen LogP contribution in [-0.4, -0.2) is 41.0 Å². The van der Waals surface area contributed by atoms with Crippen molar-refractivity contribution in [2.45, 2.75) is 65.5 Å². The van der Waals surface area contributed by atoms with Crippen LogP contribution in [0.4, 0.5) is 0 Å². The van der Waals surface area contributed by atoms with Gasteiger partial charge < -0.3 is 19.5 Å². The number of carbonyl (C=O) groups is 2. The van der Waals surface area contributed by atoms with Crippen LogP contribution >= 0.6 is 0 Å². The number of rotatable bonds is 8. The Labute approximate surface area is 207 Å². The van der Waals surface area contributed by atoms with Crippen molar-refractivity contribution in [3.8, 4) is 11.5 Å². The Balaban J connectivity index is 1.80. The highest BCUT2D eigenvalue weighted by molar-refractivity contribution is 6.46. The molecule has 1 N–H and O–H groups in total. The quantitative estimate of drug-likeness (QED) is 0.296. The zero-order valence-corrected chi connectivity index (χ0v) is 21.0. The number of nitrogens with zero attached hydrogens (tertiary/aromatic N) is 1. The standard InChI is InChI=1S/C29H35NO5/c1-5-34-23-12-8-9-20(16-23)26-25(28(32)29(33)30(26)22-10-6-7-11-22)27(31)21-13-14-24(19(4)15-21)35-17-18(2)3/h8-9,12-16,18,22,26,31H,5-7,10-11,17H2,1-4H3/b27-25+. The maximum Gasteiger partial charge on any atom is 0.295 e. The van der Waals surface area contributed by atoms with Gasteiger partial charge in [-0.05, 0) is 74.1 Å². The second-order valence-electron chi connectivity index (χ2n) is 9.84. The molecule has 1 unspecified atom stereocenters. The Bertz CT molecular complexity index is 1130. The zero-order chi connectivity index (χ0) is 25.1. The molecule has 2 fully saturated rings. The first-order valence-electron chi connectivity index (χ1n) is 12.6. The molecule has 186 valence electrons. The fraction of sp³-hybridized carbons (Fsp3) is 0.448. The Hall–Kier alpha value is -3.28. The molecule has 0 radical (unpaired) electrons. The van der Waals surface area contributed by atoms with Crippen molar-refractivity contribution in [2.24, 2.45) is 5.92 Å². The second kappa shape index (κ2) is 10.5. The monoisotopic (exact) mass is 477 g/mol. The summed E-state index contributed by atoms with van der Waals surface area (Å²) in [6.07, 6.45) is 3.76. The van der Waals surface area contributed by atoms with Crippen LogP contribution in [0.1, 0.15) is 69.2 Å². The molecule has 2 aliphatic rings. The summed E-state index contributed by atoms with van der Waals surface area (Å²) < 4.78 is 11.6. The minimum atomic E-state index is -0.657. The SMILES string of the molecule is CCOc1cccc(C2/C(=C(\O)c3ccc(OCC(C)C)c(C)c3)C(=O)C(=O)N2C2CCCC2)c1. The second-order valence-corrected chi connectivity index (χ2v) is 9.84. The Kier molecular flexibility index (Phi) is 7.48. The number of aliphatic hydroxyl groups is 1. The molecular formula is C29H35NO5. The van der Waals surface area contributed by atoms with Crippen LogP contribution < -0.4 is 9.47 Å². The summed E-state index contributed by atoms with van der Waals surface area (Å²) >= 11 is 0. The van der Waals surface area contributed by atoms with Crippen LogP contribution in [0.25, 0.3) is 5.76 Å². The lowest BCUT2D eigenvalue weighted by Gasteiger charge is -2.31. The van der Waals surface area contributed by atoms with Crippen LogP contribution in [0, 0.1) is 12.8 Å². The van der Waals surface area contributed by atoms with Gasteiger partial charge in [0.25, 0.3) is 11.7 Å². The average Bonchev–Trinajstić information content (AvgIpc) is 3.45. The van der Waals surface area contributed by atoms with Crippen LogP contribution in [0.15, 0.2) is 48.0 Å². The third kappa shape index (κ3) is 5.07. The predicted octanol–water partition coefficient (Wildman–Crippen LogP) is 5.79. The number of hydrogen-bond acceptors (Lipinski definition) is 5. The zero-order valence-electron chi connectivity index (χ0n) is 21.0. The van der Waals surface area contributed by atoms with Crippen LogP contribution in [0.5, 0.6) is 11.5 Å². The molecule has 1 aliphatic carbocycles. The number of hydrogen-bond donors (Lipinski definition) is 1. The normalized spacial score (nSPS) is 20.1. The molecule has 4 rings (SSSR count). The number of ketones is 1. The van der Waals surface area contributed by atoms with Gasteiger partial charge in [-0.1, -0.05) is 38.8 Å². The molecule has 0 aromatic heterocycles.